The maximum atomic E-state index is 5.37. The Kier molecular flexibility index (Phi) is 4.81. The van der Waals surface area contributed by atoms with E-state index in [4.69, 9.17) is 4.74 Å². The molecule has 2 aromatic carbocycles. The van der Waals surface area contributed by atoms with E-state index in [2.05, 4.69) is 72.1 Å². The summed E-state index contributed by atoms with van der Waals surface area (Å²) < 4.78 is 5.51. The Morgan fingerprint density at radius 2 is 1.76 bits per heavy atom. The lowest BCUT2D eigenvalue weighted by Gasteiger charge is -2.37. The summed E-state index contributed by atoms with van der Waals surface area (Å²) in [6, 6.07) is 19.4. The van der Waals surface area contributed by atoms with Gasteiger partial charge >= 0.3 is 0 Å². The molecule has 1 nitrogen and oxygen atoms in total. The molecule has 0 radical (unpaired) electrons. The lowest BCUT2D eigenvalue weighted by atomic mass is 10.0. The van der Waals surface area contributed by atoms with Crippen molar-refractivity contribution in [2.45, 2.75) is 16.9 Å². The molecule has 0 unspecified atom stereocenters. The Labute approximate surface area is 135 Å². The highest BCUT2D eigenvalue weighted by Gasteiger charge is 2.35. The van der Waals surface area contributed by atoms with E-state index in [1.54, 1.807) is 7.11 Å². The first kappa shape index (κ1) is 14.9. The second kappa shape index (κ2) is 6.80. The average molecular weight is 316 g/mol. The predicted octanol–water partition coefficient (Wildman–Crippen LogP) is 4.96. The van der Waals surface area contributed by atoms with Crippen LogP contribution in [0.2, 0.25) is 0 Å². The molecule has 3 heteroatoms. The molecule has 0 saturated carbocycles. The molecular formula is C18H20OS2. The summed E-state index contributed by atoms with van der Waals surface area (Å²) in [4.78, 5) is 0. The zero-order valence-electron chi connectivity index (χ0n) is 12.2. The minimum absolute atomic E-state index is 0.145. The van der Waals surface area contributed by atoms with Crippen molar-refractivity contribution in [3.8, 4) is 5.75 Å². The summed E-state index contributed by atoms with van der Waals surface area (Å²) in [7, 11) is 1.73. The fourth-order valence-electron chi connectivity index (χ4n) is 2.69. The van der Waals surface area contributed by atoms with Crippen molar-refractivity contribution in [2.24, 2.45) is 0 Å². The summed E-state index contributed by atoms with van der Waals surface area (Å²) in [5, 5.41) is 0. The Morgan fingerprint density at radius 1 is 1.00 bits per heavy atom. The molecule has 1 aliphatic rings. The maximum absolute atomic E-state index is 5.37. The van der Waals surface area contributed by atoms with Crippen LogP contribution >= 0.6 is 23.5 Å². The molecule has 0 aliphatic carbocycles. The molecule has 1 heterocycles. The summed E-state index contributed by atoms with van der Waals surface area (Å²) in [6.07, 6.45) is 2.35. The Hall–Kier alpha value is -1.06. The SMILES string of the molecule is COc1cccc(CC2(c3ccccc3)SCCCS2)c1. The monoisotopic (exact) mass is 316 g/mol. The van der Waals surface area contributed by atoms with Crippen LogP contribution in [0.3, 0.4) is 0 Å². The van der Waals surface area contributed by atoms with Crippen molar-refractivity contribution in [1.82, 2.24) is 0 Å². The third-order valence-corrected chi connectivity index (χ3v) is 7.13. The van der Waals surface area contributed by atoms with E-state index < -0.39 is 0 Å². The summed E-state index contributed by atoms with van der Waals surface area (Å²) >= 11 is 4.19. The molecular weight excluding hydrogens is 296 g/mol. The fourth-order valence-corrected chi connectivity index (χ4v) is 6.08. The van der Waals surface area contributed by atoms with Crippen molar-refractivity contribution < 1.29 is 4.74 Å². The topological polar surface area (TPSA) is 9.23 Å². The number of hydrogen-bond acceptors (Lipinski definition) is 3. The number of thioether (sulfide) groups is 2. The molecule has 3 rings (SSSR count). The summed E-state index contributed by atoms with van der Waals surface area (Å²) in [5.74, 6) is 3.43. The van der Waals surface area contributed by atoms with E-state index in [9.17, 15) is 0 Å². The minimum Gasteiger partial charge on any atom is -0.497 e. The molecule has 0 aromatic heterocycles. The van der Waals surface area contributed by atoms with Crippen LogP contribution < -0.4 is 4.74 Å². The van der Waals surface area contributed by atoms with Gasteiger partial charge in [-0.2, -0.15) is 0 Å². The van der Waals surface area contributed by atoms with Gasteiger partial charge in [-0.3, -0.25) is 0 Å². The Balaban J connectivity index is 1.92. The van der Waals surface area contributed by atoms with Crippen LogP contribution in [0.25, 0.3) is 0 Å². The van der Waals surface area contributed by atoms with E-state index in [0.29, 0.717) is 0 Å². The van der Waals surface area contributed by atoms with Gasteiger partial charge in [-0.05, 0) is 41.2 Å². The van der Waals surface area contributed by atoms with Crippen LogP contribution in [0.15, 0.2) is 54.6 Å². The second-order valence-electron chi connectivity index (χ2n) is 5.20. The first-order valence-corrected chi connectivity index (χ1v) is 9.26. The molecule has 110 valence electrons. The number of benzene rings is 2. The van der Waals surface area contributed by atoms with Crippen LogP contribution in [0, 0.1) is 0 Å². The van der Waals surface area contributed by atoms with Crippen molar-refractivity contribution in [3.63, 3.8) is 0 Å². The zero-order chi connectivity index (χ0) is 14.5. The van der Waals surface area contributed by atoms with E-state index in [-0.39, 0.29) is 4.08 Å². The third kappa shape index (κ3) is 3.41. The number of rotatable bonds is 4. The molecule has 1 aliphatic heterocycles. The molecule has 0 bridgehead atoms. The highest BCUT2D eigenvalue weighted by molar-refractivity contribution is 8.18. The normalized spacial score (nSPS) is 17.4. The van der Waals surface area contributed by atoms with E-state index in [0.717, 1.165) is 12.2 Å². The van der Waals surface area contributed by atoms with Gasteiger partial charge in [-0.15, -0.1) is 23.5 Å². The number of hydrogen-bond donors (Lipinski definition) is 0. The van der Waals surface area contributed by atoms with E-state index >= 15 is 0 Å². The predicted molar refractivity (Wildman–Crippen MR) is 94.4 cm³/mol. The highest BCUT2D eigenvalue weighted by Crippen LogP contribution is 2.52. The van der Waals surface area contributed by atoms with Gasteiger partial charge in [-0.25, -0.2) is 0 Å². The molecule has 21 heavy (non-hydrogen) atoms. The molecule has 1 saturated heterocycles. The second-order valence-corrected chi connectivity index (χ2v) is 8.24. The smallest absolute Gasteiger partial charge is 0.119 e. The Morgan fingerprint density at radius 3 is 2.48 bits per heavy atom. The molecule has 0 amide bonds. The standard InChI is InChI=1S/C18H20OS2/c1-19-17-10-5-7-15(13-17)14-18(20-11-6-12-21-18)16-8-3-2-4-9-16/h2-5,7-10,13H,6,11-12,14H2,1H3. The van der Waals surface area contributed by atoms with Gasteiger partial charge in [0.05, 0.1) is 11.2 Å². The van der Waals surface area contributed by atoms with Gasteiger partial charge in [0, 0.05) is 6.42 Å². The van der Waals surface area contributed by atoms with Crippen LogP contribution in [0.1, 0.15) is 17.5 Å². The summed E-state index contributed by atoms with van der Waals surface area (Å²) in [5.41, 5.74) is 2.78. The maximum Gasteiger partial charge on any atom is 0.119 e. The van der Waals surface area contributed by atoms with Crippen LogP contribution in [-0.4, -0.2) is 18.6 Å². The van der Waals surface area contributed by atoms with Gasteiger partial charge < -0.3 is 4.74 Å². The van der Waals surface area contributed by atoms with Gasteiger partial charge in [0.2, 0.25) is 0 Å². The van der Waals surface area contributed by atoms with Crippen molar-refractivity contribution in [2.75, 3.05) is 18.6 Å². The van der Waals surface area contributed by atoms with Gasteiger partial charge in [0.25, 0.3) is 0 Å². The van der Waals surface area contributed by atoms with Gasteiger partial charge in [0.15, 0.2) is 0 Å². The van der Waals surface area contributed by atoms with Crippen LogP contribution in [0.4, 0.5) is 0 Å². The third-order valence-electron chi connectivity index (χ3n) is 3.74. The zero-order valence-corrected chi connectivity index (χ0v) is 13.9. The largest absolute Gasteiger partial charge is 0.497 e. The average Bonchev–Trinajstić information content (AvgIpc) is 2.57. The van der Waals surface area contributed by atoms with Gasteiger partial charge in [0.1, 0.15) is 5.75 Å². The highest BCUT2D eigenvalue weighted by atomic mass is 32.2. The van der Waals surface area contributed by atoms with Crippen LogP contribution in [0.5, 0.6) is 5.75 Å². The van der Waals surface area contributed by atoms with E-state index in [1.165, 1.54) is 29.1 Å². The fraction of sp³-hybridized carbons (Fsp3) is 0.333. The van der Waals surface area contributed by atoms with Crippen molar-refractivity contribution >= 4 is 23.5 Å². The number of methoxy groups -OCH3 is 1. The molecule has 1 fully saturated rings. The first-order chi connectivity index (χ1) is 10.3. The molecule has 0 spiro atoms. The van der Waals surface area contributed by atoms with Gasteiger partial charge in [-0.1, -0.05) is 42.5 Å². The Bertz CT molecular complexity index is 577. The number of ether oxygens (including phenoxy) is 1. The first-order valence-electron chi connectivity index (χ1n) is 7.29. The molecule has 2 aromatic rings. The van der Waals surface area contributed by atoms with E-state index in [1.807, 2.05) is 6.07 Å². The van der Waals surface area contributed by atoms with Crippen LogP contribution in [-0.2, 0) is 10.5 Å². The molecule has 0 N–H and O–H groups in total. The van der Waals surface area contributed by atoms with Crippen molar-refractivity contribution in [1.29, 1.82) is 0 Å². The lowest BCUT2D eigenvalue weighted by molar-refractivity contribution is 0.414. The van der Waals surface area contributed by atoms with Crippen molar-refractivity contribution in [3.05, 3.63) is 65.7 Å². The minimum atomic E-state index is 0.145. The molecule has 0 atom stereocenters. The lowest BCUT2D eigenvalue weighted by Crippen LogP contribution is -2.25. The quantitative estimate of drug-likeness (QED) is 0.789. The summed E-state index contributed by atoms with van der Waals surface area (Å²) in [6.45, 7) is 0.